The van der Waals surface area contributed by atoms with Gasteiger partial charge in [0.2, 0.25) is 0 Å². The van der Waals surface area contributed by atoms with Gasteiger partial charge in [-0.3, -0.25) is 0 Å². The van der Waals surface area contributed by atoms with Crippen molar-refractivity contribution in [3.8, 4) is 0 Å². The quantitative estimate of drug-likeness (QED) is 0.345. The Morgan fingerprint density at radius 1 is 1.43 bits per heavy atom. The third-order valence-electron chi connectivity index (χ3n) is 2.39. The molecule has 0 aromatic rings. The lowest BCUT2D eigenvalue weighted by molar-refractivity contribution is 0.713. The molecule has 3 heteroatoms. The molecule has 0 aliphatic heterocycles. The molecule has 0 unspecified atom stereocenters. The van der Waals surface area contributed by atoms with Crippen LogP contribution in [0.4, 0.5) is 0 Å². The summed E-state index contributed by atoms with van der Waals surface area (Å²) in [7, 11) is 1.11. The second-order valence-electron chi connectivity index (χ2n) is 4.31. The summed E-state index contributed by atoms with van der Waals surface area (Å²) in [5.41, 5.74) is 8.20. The van der Waals surface area contributed by atoms with Gasteiger partial charge in [0.15, 0.2) is 7.28 Å². The van der Waals surface area contributed by atoms with Gasteiger partial charge in [0.1, 0.15) is 0 Å². The third-order valence-corrected chi connectivity index (χ3v) is 2.39. The number of rotatable bonds is 8. The highest BCUT2D eigenvalue weighted by Crippen LogP contribution is 2.12. The van der Waals surface area contributed by atoms with Crippen LogP contribution < -0.4 is 0 Å². The number of hydrogen-bond donors (Lipinski definition) is 1. The summed E-state index contributed by atoms with van der Waals surface area (Å²) < 4.78 is 0. The maximum absolute atomic E-state index is 6.85. The van der Waals surface area contributed by atoms with Crippen molar-refractivity contribution in [2.45, 2.75) is 52.8 Å². The van der Waals surface area contributed by atoms with Crippen molar-refractivity contribution in [3.05, 3.63) is 11.7 Å². The predicted octanol–water partition coefficient (Wildman–Crippen LogP) is 3.95. The lowest BCUT2D eigenvalue weighted by Crippen LogP contribution is -2.00. The fourth-order valence-electron chi connectivity index (χ4n) is 1.42. The largest absolute Gasteiger partial charge is 0.205 e. The zero-order chi connectivity index (χ0) is 10.8. The van der Waals surface area contributed by atoms with E-state index in [0.29, 0.717) is 0 Å². The van der Waals surface area contributed by atoms with Gasteiger partial charge in [-0.05, 0) is 6.42 Å². The minimum absolute atomic E-state index is 0.746. The molecule has 0 saturated heterocycles. The average molecular weight is 194 g/mol. The first-order valence-corrected chi connectivity index (χ1v) is 5.75. The molecule has 0 spiro atoms. The van der Waals surface area contributed by atoms with Gasteiger partial charge >= 0.3 is 0 Å². The van der Waals surface area contributed by atoms with E-state index in [4.69, 9.17) is 5.53 Å². The first kappa shape index (κ1) is 13.4. The molecule has 14 heavy (non-hydrogen) atoms. The molecule has 0 aliphatic rings. The smallest absolute Gasteiger partial charge is 0.154 e. The minimum Gasteiger partial charge on any atom is -0.205 e. The van der Waals surface area contributed by atoms with Gasteiger partial charge in [0.25, 0.3) is 0 Å². The zero-order valence-corrected chi connectivity index (χ0v) is 9.84. The topological polar surface area (TPSA) is 36.2 Å². The van der Waals surface area contributed by atoms with Crippen molar-refractivity contribution in [2.75, 3.05) is 0 Å². The van der Waals surface area contributed by atoms with Crippen molar-refractivity contribution < 1.29 is 0 Å². The Morgan fingerprint density at radius 3 is 2.64 bits per heavy atom. The molecule has 0 atom stereocenters. The van der Waals surface area contributed by atoms with Crippen LogP contribution in [0.5, 0.6) is 0 Å². The van der Waals surface area contributed by atoms with Crippen LogP contribution in [0.3, 0.4) is 0 Å². The van der Waals surface area contributed by atoms with Crippen LogP contribution in [0.15, 0.2) is 16.8 Å². The Bertz CT molecular complexity index is 176. The Morgan fingerprint density at radius 2 is 2.14 bits per heavy atom. The fraction of sp³-hybridized carbons (Fsp3) is 0.818. The molecule has 2 nitrogen and oxygen atoms in total. The first-order valence-electron chi connectivity index (χ1n) is 5.75. The number of allylic oxidation sites excluding steroid dienone is 1. The van der Waals surface area contributed by atoms with Crippen LogP contribution in [0, 0.1) is 11.4 Å². The van der Waals surface area contributed by atoms with Crippen molar-refractivity contribution in [3.63, 3.8) is 0 Å². The van der Waals surface area contributed by atoms with E-state index in [-0.39, 0.29) is 0 Å². The van der Waals surface area contributed by atoms with Crippen LogP contribution in [-0.2, 0) is 0 Å². The monoisotopic (exact) mass is 194 g/mol. The second-order valence-corrected chi connectivity index (χ2v) is 4.31. The predicted molar refractivity (Wildman–Crippen MR) is 64.2 cm³/mol. The van der Waals surface area contributed by atoms with Crippen LogP contribution in [-0.4, -0.2) is 7.28 Å². The molecule has 0 heterocycles. The van der Waals surface area contributed by atoms with Gasteiger partial charge in [-0.2, -0.15) is 5.11 Å². The molecular weight excluding hydrogens is 171 g/mol. The van der Waals surface area contributed by atoms with E-state index < -0.39 is 0 Å². The van der Waals surface area contributed by atoms with Gasteiger partial charge < -0.3 is 0 Å². The molecule has 80 valence electrons. The SMILES string of the molecule is CCCCC/C(BCC(C)C)=C/N=N. The van der Waals surface area contributed by atoms with Gasteiger partial charge in [-0.1, -0.05) is 57.7 Å². The van der Waals surface area contributed by atoms with E-state index in [0.717, 1.165) is 19.6 Å². The van der Waals surface area contributed by atoms with Gasteiger partial charge in [-0.25, -0.2) is 5.53 Å². The van der Waals surface area contributed by atoms with Gasteiger partial charge in [-0.15, -0.1) is 0 Å². The molecule has 1 N–H and O–H groups in total. The molecular formula is C11H23BN2. The minimum atomic E-state index is 0.746. The van der Waals surface area contributed by atoms with Crippen molar-refractivity contribution in [1.82, 2.24) is 0 Å². The summed E-state index contributed by atoms with van der Waals surface area (Å²) in [6.45, 7) is 6.69. The molecule has 0 saturated carbocycles. The van der Waals surface area contributed by atoms with Gasteiger partial charge in [0, 0.05) is 6.20 Å². The second kappa shape index (κ2) is 8.98. The summed E-state index contributed by atoms with van der Waals surface area (Å²) in [4.78, 5) is 0. The molecule has 0 fully saturated rings. The van der Waals surface area contributed by atoms with Crippen LogP contribution in [0.1, 0.15) is 46.5 Å². The van der Waals surface area contributed by atoms with Crippen LogP contribution in [0.2, 0.25) is 6.32 Å². The van der Waals surface area contributed by atoms with E-state index in [1.54, 1.807) is 6.20 Å². The highest BCUT2D eigenvalue weighted by atomic mass is 14.9. The van der Waals surface area contributed by atoms with E-state index >= 15 is 0 Å². The number of hydrogen-bond acceptors (Lipinski definition) is 2. The maximum atomic E-state index is 6.85. The maximum Gasteiger partial charge on any atom is 0.154 e. The molecule has 0 rings (SSSR count). The van der Waals surface area contributed by atoms with Crippen molar-refractivity contribution in [2.24, 2.45) is 11.0 Å². The normalized spacial score (nSPS) is 11.9. The van der Waals surface area contributed by atoms with E-state index in [2.05, 4.69) is 25.9 Å². The Hall–Kier alpha value is -0.595. The summed E-state index contributed by atoms with van der Waals surface area (Å²) >= 11 is 0. The Balaban J connectivity index is 3.78. The van der Waals surface area contributed by atoms with E-state index in [1.807, 2.05) is 0 Å². The number of nitrogens with zero attached hydrogens (tertiary/aromatic N) is 1. The van der Waals surface area contributed by atoms with Crippen LogP contribution >= 0.6 is 0 Å². The first-order chi connectivity index (χ1) is 6.70. The molecule has 0 aromatic carbocycles. The molecule has 0 radical (unpaired) electrons. The summed E-state index contributed by atoms with van der Waals surface area (Å²) in [6.07, 6.45) is 7.87. The number of nitrogens with one attached hydrogen (secondary N) is 1. The highest BCUT2D eigenvalue weighted by molar-refractivity contribution is 6.45. The summed E-state index contributed by atoms with van der Waals surface area (Å²) in [6, 6.07) is 0. The van der Waals surface area contributed by atoms with E-state index in [1.165, 1.54) is 31.1 Å². The molecule has 0 aromatic heterocycles. The summed E-state index contributed by atoms with van der Waals surface area (Å²) in [5.74, 6) is 0.746. The van der Waals surface area contributed by atoms with Gasteiger partial charge in [0.05, 0.1) is 0 Å². The van der Waals surface area contributed by atoms with Crippen molar-refractivity contribution in [1.29, 1.82) is 5.53 Å². The fourth-order valence-corrected chi connectivity index (χ4v) is 1.42. The highest BCUT2D eigenvalue weighted by Gasteiger charge is 2.02. The Kier molecular flexibility index (Phi) is 8.60. The van der Waals surface area contributed by atoms with Crippen LogP contribution in [0.25, 0.3) is 0 Å². The lowest BCUT2D eigenvalue weighted by atomic mass is 9.62. The zero-order valence-electron chi connectivity index (χ0n) is 9.84. The van der Waals surface area contributed by atoms with E-state index in [9.17, 15) is 0 Å². The standard InChI is InChI=1S/C11H23BN2/c1-4-5-6-7-11(9-14-13)12-8-10(2)3/h9-10,12-13H,4-8H2,1-3H3/b11-9-,14-13?. The average Bonchev–Trinajstić information content (AvgIpc) is 2.14. The summed E-state index contributed by atoms with van der Waals surface area (Å²) in [5, 5.41) is 3.38. The molecule has 0 amide bonds. The third kappa shape index (κ3) is 8.02. The number of unbranched alkanes of at least 4 members (excludes halogenated alkanes) is 2. The molecule has 0 aliphatic carbocycles. The Labute approximate surface area is 88.9 Å². The lowest BCUT2D eigenvalue weighted by Gasteiger charge is -2.06. The molecule has 0 bridgehead atoms. The van der Waals surface area contributed by atoms with Crippen molar-refractivity contribution >= 4 is 7.28 Å².